The van der Waals surface area contributed by atoms with Crippen molar-refractivity contribution in [3.8, 4) is 28.4 Å². The number of carbonyl (C=O) groups is 2. The van der Waals surface area contributed by atoms with Crippen molar-refractivity contribution in [3.63, 3.8) is 0 Å². The molecule has 0 saturated heterocycles. The number of ether oxygens (including phenoxy) is 2. The van der Waals surface area contributed by atoms with Crippen LogP contribution in [0.15, 0.2) is 67.0 Å². The summed E-state index contributed by atoms with van der Waals surface area (Å²) in [5, 5.41) is 6.68. The van der Waals surface area contributed by atoms with Crippen molar-refractivity contribution in [2.24, 2.45) is 0 Å². The molecule has 2 heterocycles. The first-order chi connectivity index (χ1) is 16.9. The molecular formula is C25H20ClFN4O4. The van der Waals surface area contributed by atoms with E-state index in [9.17, 15) is 14.0 Å². The lowest BCUT2D eigenvalue weighted by molar-refractivity contribution is 0.0902. The standard InChI is InChI=1S/C25H20ClFN4O4/c1-34-22-9-7-19(30-24(22)15-4-6-18(27)17(26)12-15)21(32)14-28-25(33)16-5-8-20(23(13-16)35-2)31-11-3-10-29-31/h3-13H,14H2,1-2H3,(H,28,33). The van der Waals surface area contributed by atoms with Crippen molar-refractivity contribution in [2.45, 2.75) is 0 Å². The Morgan fingerprint density at radius 2 is 1.86 bits per heavy atom. The summed E-state index contributed by atoms with van der Waals surface area (Å²) in [6.07, 6.45) is 3.39. The molecule has 8 nitrogen and oxygen atoms in total. The van der Waals surface area contributed by atoms with Gasteiger partial charge in [-0.1, -0.05) is 11.6 Å². The first kappa shape index (κ1) is 23.9. The van der Waals surface area contributed by atoms with Gasteiger partial charge in [-0.3, -0.25) is 9.59 Å². The average Bonchev–Trinajstić information content (AvgIpc) is 3.42. The fraction of sp³-hybridized carbons (Fsp3) is 0.120. The van der Waals surface area contributed by atoms with E-state index < -0.39 is 17.5 Å². The smallest absolute Gasteiger partial charge is 0.251 e. The molecule has 1 amide bonds. The number of hydrogen-bond acceptors (Lipinski definition) is 6. The summed E-state index contributed by atoms with van der Waals surface area (Å²) >= 11 is 5.89. The average molecular weight is 495 g/mol. The molecule has 2 aromatic carbocycles. The molecule has 0 bridgehead atoms. The van der Waals surface area contributed by atoms with E-state index in [0.29, 0.717) is 34.0 Å². The summed E-state index contributed by atoms with van der Waals surface area (Å²) in [7, 11) is 2.95. The van der Waals surface area contributed by atoms with E-state index >= 15 is 0 Å². The van der Waals surface area contributed by atoms with E-state index in [1.54, 1.807) is 47.4 Å². The number of benzene rings is 2. The number of methoxy groups -OCH3 is 2. The number of hydrogen-bond donors (Lipinski definition) is 1. The van der Waals surface area contributed by atoms with Crippen LogP contribution < -0.4 is 14.8 Å². The summed E-state index contributed by atoms with van der Waals surface area (Å²) in [6.45, 7) is -0.287. The molecule has 35 heavy (non-hydrogen) atoms. The van der Waals surface area contributed by atoms with Gasteiger partial charge in [0.05, 0.1) is 25.8 Å². The van der Waals surface area contributed by atoms with E-state index in [1.165, 1.54) is 38.5 Å². The minimum absolute atomic E-state index is 0.0793. The molecule has 0 unspecified atom stereocenters. The van der Waals surface area contributed by atoms with Gasteiger partial charge >= 0.3 is 0 Å². The highest BCUT2D eigenvalue weighted by molar-refractivity contribution is 6.31. The molecule has 0 spiro atoms. The van der Waals surface area contributed by atoms with Crippen molar-refractivity contribution in [3.05, 3.63) is 89.1 Å². The van der Waals surface area contributed by atoms with E-state index in [-0.39, 0.29) is 17.3 Å². The Morgan fingerprint density at radius 3 is 2.54 bits per heavy atom. The lowest BCUT2D eigenvalue weighted by Crippen LogP contribution is -2.30. The number of ketones is 1. The molecule has 0 radical (unpaired) electrons. The van der Waals surface area contributed by atoms with Gasteiger partial charge < -0.3 is 14.8 Å². The van der Waals surface area contributed by atoms with Crippen LogP contribution >= 0.6 is 11.6 Å². The number of aromatic nitrogens is 3. The maximum atomic E-state index is 13.6. The third-order valence-electron chi connectivity index (χ3n) is 5.16. The van der Waals surface area contributed by atoms with Crippen LogP contribution in [0.4, 0.5) is 4.39 Å². The molecule has 0 aliphatic carbocycles. The number of carbonyl (C=O) groups excluding carboxylic acids is 2. The zero-order chi connectivity index (χ0) is 24.9. The first-order valence-corrected chi connectivity index (χ1v) is 10.8. The van der Waals surface area contributed by atoms with E-state index in [4.69, 9.17) is 21.1 Å². The number of nitrogens with zero attached hydrogens (tertiary/aromatic N) is 3. The van der Waals surface area contributed by atoms with Gasteiger partial charge in [0.25, 0.3) is 5.91 Å². The molecular weight excluding hydrogens is 475 g/mol. The molecule has 0 atom stereocenters. The van der Waals surface area contributed by atoms with Crippen molar-refractivity contribution in [1.82, 2.24) is 20.1 Å². The van der Waals surface area contributed by atoms with Crippen LogP contribution in [0.5, 0.6) is 11.5 Å². The second-order valence-corrected chi connectivity index (χ2v) is 7.73. The number of rotatable bonds is 8. The lowest BCUT2D eigenvalue weighted by Gasteiger charge is -2.12. The highest BCUT2D eigenvalue weighted by Gasteiger charge is 2.17. The Balaban J connectivity index is 1.50. The highest BCUT2D eigenvalue weighted by atomic mass is 35.5. The second-order valence-electron chi connectivity index (χ2n) is 7.32. The van der Waals surface area contributed by atoms with Crippen LogP contribution in [0.2, 0.25) is 5.02 Å². The number of nitrogens with one attached hydrogen (secondary N) is 1. The van der Waals surface area contributed by atoms with Crippen LogP contribution in [0.3, 0.4) is 0 Å². The molecule has 1 N–H and O–H groups in total. The molecule has 2 aromatic heterocycles. The zero-order valence-corrected chi connectivity index (χ0v) is 19.5. The van der Waals surface area contributed by atoms with E-state index in [0.717, 1.165) is 0 Å². The molecule has 0 aliphatic heterocycles. The van der Waals surface area contributed by atoms with Gasteiger partial charge in [-0.2, -0.15) is 5.10 Å². The molecule has 178 valence electrons. The Bertz CT molecular complexity index is 1390. The Labute approximate surface area is 205 Å². The number of amides is 1. The molecule has 0 saturated carbocycles. The van der Waals surface area contributed by atoms with Gasteiger partial charge in [0.2, 0.25) is 0 Å². The summed E-state index contributed by atoms with van der Waals surface area (Å²) in [5.41, 5.74) is 1.89. The quantitative estimate of drug-likeness (QED) is 0.366. The van der Waals surface area contributed by atoms with Gasteiger partial charge in [0, 0.05) is 23.5 Å². The Morgan fingerprint density at radius 1 is 1.06 bits per heavy atom. The van der Waals surface area contributed by atoms with Gasteiger partial charge in [-0.15, -0.1) is 0 Å². The summed E-state index contributed by atoms with van der Waals surface area (Å²) in [6, 6.07) is 13.8. The maximum absolute atomic E-state index is 13.6. The predicted molar refractivity (Wildman–Crippen MR) is 128 cm³/mol. The van der Waals surface area contributed by atoms with Crippen molar-refractivity contribution < 1.29 is 23.5 Å². The van der Waals surface area contributed by atoms with Gasteiger partial charge in [-0.25, -0.2) is 14.1 Å². The van der Waals surface area contributed by atoms with Crippen LogP contribution in [-0.4, -0.2) is 47.2 Å². The van der Waals surface area contributed by atoms with Gasteiger partial charge in [0.15, 0.2) is 5.78 Å². The summed E-state index contributed by atoms with van der Waals surface area (Å²) < 4.78 is 25.9. The zero-order valence-electron chi connectivity index (χ0n) is 18.8. The van der Waals surface area contributed by atoms with E-state index in [1.807, 2.05) is 0 Å². The van der Waals surface area contributed by atoms with Crippen molar-refractivity contribution >= 4 is 23.3 Å². The fourth-order valence-corrected chi connectivity index (χ4v) is 3.57. The van der Waals surface area contributed by atoms with Crippen molar-refractivity contribution in [2.75, 3.05) is 20.8 Å². The summed E-state index contributed by atoms with van der Waals surface area (Å²) in [4.78, 5) is 29.8. The third-order valence-corrected chi connectivity index (χ3v) is 5.45. The third kappa shape index (κ3) is 5.15. The van der Waals surface area contributed by atoms with Crippen LogP contribution in [0.1, 0.15) is 20.8 Å². The normalized spacial score (nSPS) is 10.6. The molecule has 0 aliphatic rings. The monoisotopic (exact) mass is 494 g/mol. The molecule has 0 fully saturated rings. The number of pyridine rings is 1. The van der Waals surface area contributed by atoms with Gasteiger partial charge in [0.1, 0.15) is 34.4 Å². The lowest BCUT2D eigenvalue weighted by atomic mass is 10.1. The topological polar surface area (TPSA) is 95.3 Å². The Hall–Kier alpha value is -4.24. The molecule has 10 heteroatoms. The van der Waals surface area contributed by atoms with E-state index in [2.05, 4.69) is 15.4 Å². The fourth-order valence-electron chi connectivity index (χ4n) is 3.39. The van der Waals surface area contributed by atoms with Crippen LogP contribution in [0, 0.1) is 5.82 Å². The van der Waals surface area contributed by atoms with Crippen LogP contribution in [-0.2, 0) is 0 Å². The first-order valence-electron chi connectivity index (χ1n) is 10.4. The van der Waals surface area contributed by atoms with Crippen LogP contribution in [0.25, 0.3) is 16.9 Å². The SMILES string of the molecule is COc1cc(C(=O)NCC(=O)c2ccc(OC)c(-c3ccc(F)c(Cl)c3)n2)ccc1-n1cccn1. The number of halogens is 2. The highest BCUT2D eigenvalue weighted by Crippen LogP contribution is 2.31. The second kappa shape index (κ2) is 10.4. The minimum atomic E-state index is -0.571. The largest absolute Gasteiger partial charge is 0.494 e. The van der Waals surface area contributed by atoms with Crippen molar-refractivity contribution in [1.29, 1.82) is 0 Å². The summed E-state index contributed by atoms with van der Waals surface area (Å²) in [5.74, 6) is -0.610. The molecule has 4 aromatic rings. The number of Topliss-reactive ketones (excluding diaryl/α,β-unsaturated/α-hetero) is 1. The Kier molecular flexibility index (Phi) is 7.07. The maximum Gasteiger partial charge on any atom is 0.251 e. The molecule has 4 rings (SSSR count). The van der Waals surface area contributed by atoms with Gasteiger partial charge in [-0.05, 0) is 54.6 Å². The predicted octanol–water partition coefficient (Wildman–Crippen LogP) is 4.36. The minimum Gasteiger partial charge on any atom is -0.494 e.